The van der Waals surface area contributed by atoms with E-state index in [0.717, 1.165) is 39.1 Å². The van der Waals surface area contributed by atoms with Crippen LogP contribution < -0.4 is 5.32 Å². The van der Waals surface area contributed by atoms with Crippen LogP contribution in [0.2, 0.25) is 0 Å². The number of carbonyl (C=O) groups excluding carboxylic acids is 1. The number of hydrogen-bond donors (Lipinski definition) is 1. The minimum absolute atomic E-state index is 0.100. The van der Waals surface area contributed by atoms with E-state index in [1.165, 1.54) is 18.4 Å². The van der Waals surface area contributed by atoms with E-state index in [0.29, 0.717) is 6.04 Å². The summed E-state index contributed by atoms with van der Waals surface area (Å²) in [6.07, 6.45) is 3.45. The Labute approximate surface area is 134 Å². The Morgan fingerprint density at radius 3 is 2.45 bits per heavy atom. The molecule has 1 N–H and O–H groups in total. The summed E-state index contributed by atoms with van der Waals surface area (Å²) in [5, 5.41) is 3.03. The maximum absolute atomic E-state index is 12.1. The molecule has 1 aromatic carbocycles. The third kappa shape index (κ3) is 4.73. The molecule has 0 spiro atoms. The first-order valence-corrected chi connectivity index (χ1v) is 8.54. The first kappa shape index (κ1) is 16.8. The van der Waals surface area contributed by atoms with Crippen LogP contribution in [0.5, 0.6) is 0 Å². The minimum Gasteiger partial charge on any atom is -0.338 e. The van der Waals surface area contributed by atoms with Gasteiger partial charge in [0.25, 0.3) is 0 Å². The van der Waals surface area contributed by atoms with E-state index in [1.54, 1.807) is 0 Å². The summed E-state index contributed by atoms with van der Waals surface area (Å²) >= 11 is 0. The Hall–Kier alpha value is -1.55. The Balaban J connectivity index is 1.74. The quantitative estimate of drug-likeness (QED) is 0.819. The number of hydrogen-bond acceptors (Lipinski definition) is 2. The van der Waals surface area contributed by atoms with Gasteiger partial charge in [-0.3, -0.25) is 4.90 Å². The van der Waals surface area contributed by atoms with Crippen LogP contribution >= 0.6 is 0 Å². The molecule has 2 rings (SSSR count). The Morgan fingerprint density at radius 1 is 1.14 bits per heavy atom. The molecular formula is C18H29N3O. The maximum Gasteiger partial charge on any atom is 0.317 e. The lowest BCUT2D eigenvalue weighted by atomic mass is 10.1. The fourth-order valence-corrected chi connectivity index (χ4v) is 2.94. The SMILES string of the molecule is CCCCCNC(=O)N1CCN(C(C)c2ccccc2)CC1. The second-order valence-corrected chi connectivity index (χ2v) is 6.05. The number of piperazine rings is 1. The van der Waals surface area contributed by atoms with Crippen LogP contribution in [0, 0.1) is 0 Å². The Morgan fingerprint density at radius 2 is 1.82 bits per heavy atom. The van der Waals surface area contributed by atoms with Crippen LogP contribution in [0.25, 0.3) is 0 Å². The van der Waals surface area contributed by atoms with Gasteiger partial charge in [-0.25, -0.2) is 4.79 Å². The van der Waals surface area contributed by atoms with Gasteiger partial charge in [0.2, 0.25) is 0 Å². The zero-order valence-electron chi connectivity index (χ0n) is 13.9. The highest BCUT2D eigenvalue weighted by Crippen LogP contribution is 2.21. The monoisotopic (exact) mass is 303 g/mol. The van der Waals surface area contributed by atoms with Crippen molar-refractivity contribution in [3.8, 4) is 0 Å². The molecule has 0 bridgehead atoms. The summed E-state index contributed by atoms with van der Waals surface area (Å²) in [5.74, 6) is 0. The first-order chi connectivity index (χ1) is 10.7. The third-order valence-corrected chi connectivity index (χ3v) is 4.49. The highest BCUT2D eigenvalue weighted by Gasteiger charge is 2.24. The summed E-state index contributed by atoms with van der Waals surface area (Å²) in [6, 6.07) is 11.1. The molecule has 0 aliphatic carbocycles. The molecule has 1 aliphatic rings. The van der Waals surface area contributed by atoms with Crippen LogP contribution in [-0.4, -0.2) is 48.6 Å². The van der Waals surface area contributed by atoms with E-state index in [-0.39, 0.29) is 6.03 Å². The average molecular weight is 303 g/mol. The van der Waals surface area contributed by atoms with Gasteiger partial charge in [0.15, 0.2) is 0 Å². The molecule has 4 heteroatoms. The number of nitrogens with one attached hydrogen (secondary N) is 1. The van der Waals surface area contributed by atoms with E-state index in [2.05, 4.69) is 54.4 Å². The van der Waals surface area contributed by atoms with Crippen LogP contribution in [0.1, 0.15) is 44.7 Å². The minimum atomic E-state index is 0.100. The van der Waals surface area contributed by atoms with Gasteiger partial charge in [-0.15, -0.1) is 0 Å². The van der Waals surface area contributed by atoms with Gasteiger partial charge in [-0.1, -0.05) is 50.1 Å². The fourth-order valence-electron chi connectivity index (χ4n) is 2.94. The molecule has 0 aromatic heterocycles. The van der Waals surface area contributed by atoms with E-state index in [4.69, 9.17) is 0 Å². The Kier molecular flexibility index (Phi) is 6.72. The van der Waals surface area contributed by atoms with Crippen molar-refractivity contribution in [1.82, 2.24) is 15.1 Å². The number of rotatable bonds is 6. The lowest BCUT2D eigenvalue weighted by Gasteiger charge is -2.38. The topological polar surface area (TPSA) is 35.6 Å². The third-order valence-electron chi connectivity index (χ3n) is 4.49. The molecule has 1 aliphatic heterocycles. The van der Waals surface area contributed by atoms with Crippen molar-refractivity contribution in [1.29, 1.82) is 0 Å². The molecule has 122 valence electrons. The van der Waals surface area contributed by atoms with Gasteiger partial charge < -0.3 is 10.2 Å². The smallest absolute Gasteiger partial charge is 0.317 e. The zero-order chi connectivity index (χ0) is 15.8. The van der Waals surface area contributed by atoms with E-state index < -0.39 is 0 Å². The van der Waals surface area contributed by atoms with Crippen molar-refractivity contribution in [3.63, 3.8) is 0 Å². The highest BCUT2D eigenvalue weighted by molar-refractivity contribution is 5.74. The molecule has 1 unspecified atom stereocenters. The number of urea groups is 1. The van der Waals surface area contributed by atoms with Gasteiger partial charge in [0.1, 0.15) is 0 Å². The van der Waals surface area contributed by atoms with Gasteiger partial charge >= 0.3 is 6.03 Å². The van der Waals surface area contributed by atoms with Crippen molar-refractivity contribution >= 4 is 6.03 Å². The molecule has 22 heavy (non-hydrogen) atoms. The van der Waals surface area contributed by atoms with Crippen LogP contribution in [-0.2, 0) is 0 Å². The molecule has 0 radical (unpaired) electrons. The second kappa shape index (κ2) is 8.79. The molecular weight excluding hydrogens is 274 g/mol. The molecule has 1 atom stereocenters. The zero-order valence-corrected chi connectivity index (χ0v) is 13.9. The predicted molar refractivity (Wildman–Crippen MR) is 90.9 cm³/mol. The number of unbranched alkanes of at least 4 members (excludes halogenated alkanes) is 2. The van der Waals surface area contributed by atoms with E-state index >= 15 is 0 Å². The van der Waals surface area contributed by atoms with Crippen molar-refractivity contribution < 1.29 is 4.79 Å². The number of carbonyl (C=O) groups is 1. The molecule has 1 saturated heterocycles. The Bertz CT molecular complexity index is 441. The van der Waals surface area contributed by atoms with E-state index in [1.807, 2.05) is 4.90 Å². The van der Waals surface area contributed by atoms with Gasteiger partial charge in [-0.2, -0.15) is 0 Å². The van der Waals surface area contributed by atoms with Crippen LogP contribution in [0.4, 0.5) is 4.79 Å². The number of amides is 2. The summed E-state index contributed by atoms with van der Waals surface area (Å²) in [5.41, 5.74) is 1.35. The summed E-state index contributed by atoms with van der Waals surface area (Å²) in [6.45, 7) is 8.74. The molecule has 1 heterocycles. The maximum atomic E-state index is 12.1. The molecule has 2 amide bonds. The normalized spacial score (nSPS) is 17.3. The lowest BCUT2D eigenvalue weighted by Crippen LogP contribution is -2.52. The van der Waals surface area contributed by atoms with Gasteiger partial charge in [0, 0.05) is 38.8 Å². The first-order valence-electron chi connectivity index (χ1n) is 8.54. The number of nitrogens with zero attached hydrogens (tertiary/aromatic N) is 2. The summed E-state index contributed by atoms with van der Waals surface area (Å²) < 4.78 is 0. The van der Waals surface area contributed by atoms with Gasteiger partial charge in [0.05, 0.1) is 0 Å². The van der Waals surface area contributed by atoms with E-state index in [9.17, 15) is 4.79 Å². The highest BCUT2D eigenvalue weighted by atomic mass is 16.2. The van der Waals surface area contributed by atoms with Crippen molar-refractivity contribution in [2.75, 3.05) is 32.7 Å². The second-order valence-electron chi connectivity index (χ2n) is 6.05. The molecule has 0 saturated carbocycles. The molecule has 1 fully saturated rings. The van der Waals surface area contributed by atoms with Crippen LogP contribution in [0.3, 0.4) is 0 Å². The fraction of sp³-hybridized carbons (Fsp3) is 0.611. The standard InChI is InChI=1S/C18H29N3O/c1-3-4-8-11-19-18(22)21-14-12-20(13-15-21)16(2)17-9-6-5-7-10-17/h5-7,9-10,16H,3-4,8,11-15H2,1-2H3,(H,19,22). The molecule has 4 nitrogen and oxygen atoms in total. The lowest BCUT2D eigenvalue weighted by molar-refractivity contribution is 0.114. The van der Waals surface area contributed by atoms with Crippen molar-refractivity contribution in [2.24, 2.45) is 0 Å². The average Bonchev–Trinajstić information content (AvgIpc) is 2.59. The van der Waals surface area contributed by atoms with Crippen molar-refractivity contribution in [2.45, 2.75) is 39.2 Å². The summed E-state index contributed by atoms with van der Waals surface area (Å²) in [7, 11) is 0. The number of benzene rings is 1. The van der Waals surface area contributed by atoms with Crippen molar-refractivity contribution in [3.05, 3.63) is 35.9 Å². The van der Waals surface area contributed by atoms with Gasteiger partial charge in [-0.05, 0) is 18.9 Å². The van der Waals surface area contributed by atoms with Crippen LogP contribution in [0.15, 0.2) is 30.3 Å². The largest absolute Gasteiger partial charge is 0.338 e. The molecule has 1 aromatic rings. The summed E-state index contributed by atoms with van der Waals surface area (Å²) in [4.78, 5) is 16.5. The predicted octanol–water partition coefficient (Wildman–Crippen LogP) is 3.27.